The first kappa shape index (κ1) is 9.81. The smallest absolute Gasteiger partial charge is 0.0474 e. The molecule has 0 radical (unpaired) electrons. The van der Waals surface area contributed by atoms with Crippen LogP contribution in [-0.4, -0.2) is 0 Å². The van der Waals surface area contributed by atoms with Crippen LogP contribution in [0.2, 0.25) is 5.02 Å². The molecular weight excluding hydrogens is 196 g/mol. The Morgan fingerprint density at radius 1 is 1.43 bits per heavy atom. The van der Waals surface area contributed by atoms with Gasteiger partial charge < -0.3 is 11.5 Å². The zero-order chi connectivity index (χ0) is 10.3. The predicted octanol–water partition coefficient (Wildman–Crippen LogP) is 2.64. The summed E-state index contributed by atoms with van der Waals surface area (Å²) < 4.78 is 0. The molecule has 1 aliphatic rings. The van der Waals surface area contributed by atoms with E-state index < -0.39 is 0 Å². The van der Waals surface area contributed by atoms with Crippen molar-refractivity contribution in [3.63, 3.8) is 0 Å². The number of aryl methyl sites for hydroxylation is 1. The van der Waals surface area contributed by atoms with E-state index >= 15 is 0 Å². The lowest BCUT2D eigenvalue weighted by Gasteiger charge is -2.14. The van der Waals surface area contributed by atoms with Crippen LogP contribution >= 0.6 is 11.6 Å². The first-order chi connectivity index (χ1) is 6.59. The second kappa shape index (κ2) is 3.44. The molecule has 0 aliphatic heterocycles. The Kier molecular flexibility index (Phi) is 2.41. The number of hydrogen-bond donors (Lipinski definition) is 2. The highest BCUT2D eigenvalue weighted by Gasteiger charge is 2.30. The van der Waals surface area contributed by atoms with Crippen LogP contribution in [0.15, 0.2) is 12.1 Å². The molecule has 0 saturated heterocycles. The van der Waals surface area contributed by atoms with Gasteiger partial charge in [0.05, 0.1) is 0 Å². The molecule has 1 saturated carbocycles. The van der Waals surface area contributed by atoms with Gasteiger partial charge in [-0.2, -0.15) is 0 Å². The topological polar surface area (TPSA) is 52.0 Å². The van der Waals surface area contributed by atoms with Gasteiger partial charge in [0.25, 0.3) is 0 Å². The third kappa shape index (κ3) is 1.72. The third-order valence-electron chi connectivity index (χ3n) is 2.87. The molecule has 2 rings (SSSR count). The summed E-state index contributed by atoms with van der Waals surface area (Å²) in [5.74, 6) is 0.621. The minimum Gasteiger partial charge on any atom is -0.398 e. The SMILES string of the molecule is Cc1cc([C@H](N)C2CC2)c(Cl)cc1N. The molecule has 14 heavy (non-hydrogen) atoms. The number of nitrogens with two attached hydrogens (primary N) is 2. The monoisotopic (exact) mass is 210 g/mol. The molecule has 0 aromatic heterocycles. The quantitative estimate of drug-likeness (QED) is 0.738. The van der Waals surface area contributed by atoms with E-state index in [0.717, 1.165) is 16.8 Å². The maximum Gasteiger partial charge on any atom is 0.0474 e. The molecule has 1 atom stereocenters. The summed E-state index contributed by atoms with van der Waals surface area (Å²) in [4.78, 5) is 0. The molecule has 0 heterocycles. The van der Waals surface area contributed by atoms with Crippen molar-refractivity contribution in [1.29, 1.82) is 0 Å². The summed E-state index contributed by atoms with van der Waals surface area (Å²) >= 11 is 6.11. The van der Waals surface area contributed by atoms with Crippen molar-refractivity contribution < 1.29 is 0 Å². The molecule has 2 nitrogen and oxygen atoms in total. The maximum absolute atomic E-state index is 6.11. The second-order valence-corrected chi connectivity index (χ2v) is 4.50. The molecular formula is C11H15ClN2. The lowest BCUT2D eigenvalue weighted by atomic mass is 10.0. The van der Waals surface area contributed by atoms with Crippen LogP contribution in [0.25, 0.3) is 0 Å². The first-order valence-corrected chi connectivity index (χ1v) is 5.28. The standard InChI is InChI=1S/C11H15ClN2/c1-6-4-8(9(12)5-10(6)13)11(14)7-2-3-7/h4-5,7,11H,2-3,13-14H2,1H3/t11-/m1/s1. The Hall–Kier alpha value is -0.730. The summed E-state index contributed by atoms with van der Waals surface area (Å²) in [6.07, 6.45) is 2.45. The Bertz CT molecular complexity index is 359. The fraction of sp³-hybridized carbons (Fsp3) is 0.455. The van der Waals surface area contributed by atoms with Gasteiger partial charge in [-0.15, -0.1) is 0 Å². The van der Waals surface area contributed by atoms with E-state index in [1.165, 1.54) is 12.8 Å². The Labute approximate surface area is 89.2 Å². The van der Waals surface area contributed by atoms with E-state index in [2.05, 4.69) is 0 Å². The number of halogens is 1. The molecule has 0 unspecified atom stereocenters. The van der Waals surface area contributed by atoms with Crippen molar-refractivity contribution in [2.75, 3.05) is 5.73 Å². The van der Waals surface area contributed by atoms with E-state index in [1.807, 2.05) is 13.0 Å². The van der Waals surface area contributed by atoms with Gasteiger partial charge in [0, 0.05) is 16.8 Å². The number of nitrogen functional groups attached to an aromatic ring is 1. The van der Waals surface area contributed by atoms with Crippen LogP contribution in [0.4, 0.5) is 5.69 Å². The van der Waals surface area contributed by atoms with E-state index in [-0.39, 0.29) is 6.04 Å². The Morgan fingerprint density at radius 3 is 2.64 bits per heavy atom. The molecule has 1 aromatic carbocycles. The lowest BCUT2D eigenvalue weighted by Crippen LogP contribution is -2.13. The van der Waals surface area contributed by atoms with Crippen LogP contribution in [0, 0.1) is 12.8 Å². The van der Waals surface area contributed by atoms with Crippen molar-refractivity contribution in [3.8, 4) is 0 Å². The average molecular weight is 211 g/mol. The van der Waals surface area contributed by atoms with Crippen molar-refractivity contribution in [2.24, 2.45) is 11.7 Å². The van der Waals surface area contributed by atoms with Crippen LogP contribution in [0.3, 0.4) is 0 Å². The summed E-state index contributed by atoms with van der Waals surface area (Å²) in [6, 6.07) is 3.90. The molecule has 1 fully saturated rings. The summed E-state index contributed by atoms with van der Waals surface area (Å²) in [5, 5.41) is 0.701. The average Bonchev–Trinajstić information content (AvgIpc) is 2.93. The van der Waals surface area contributed by atoms with Gasteiger partial charge in [-0.25, -0.2) is 0 Å². The highest BCUT2D eigenvalue weighted by atomic mass is 35.5. The van der Waals surface area contributed by atoms with Crippen molar-refractivity contribution in [3.05, 3.63) is 28.3 Å². The molecule has 1 aliphatic carbocycles. The molecule has 0 amide bonds. The minimum absolute atomic E-state index is 0.0850. The number of rotatable bonds is 2. The normalized spacial score (nSPS) is 18.2. The maximum atomic E-state index is 6.11. The van der Waals surface area contributed by atoms with Gasteiger partial charge in [0.2, 0.25) is 0 Å². The van der Waals surface area contributed by atoms with Crippen LogP contribution < -0.4 is 11.5 Å². The van der Waals surface area contributed by atoms with Crippen LogP contribution in [-0.2, 0) is 0 Å². The van der Waals surface area contributed by atoms with Crippen molar-refractivity contribution >= 4 is 17.3 Å². The number of anilines is 1. The summed E-state index contributed by atoms with van der Waals surface area (Å²) in [6.45, 7) is 1.98. The minimum atomic E-state index is 0.0850. The molecule has 0 bridgehead atoms. The molecule has 3 heteroatoms. The first-order valence-electron chi connectivity index (χ1n) is 4.90. The Balaban J connectivity index is 2.36. The highest BCUT2D eigenvalue weighted by Crippen LogP contribution is 2.42. The van der Waals surface area contributed by atoms with Gasteiger partial charge in [-0.3, -0.25) is 0 Å². The second-order valence-electron chi connectivity index (χ2n) is 4.09. The highest BCUT2D eigenvalue weighted by molar-refractivity contribution is 6.31. The zero-order valence-corrected chi connectivity index (χ0v) is 9.01. The lowest BCUT2D eigenvalue weighted by molar-refractivity contribution is 0.633. The number of benzene rings is 1. The van der Waals surface area contributed by atoms with Crippen molar-refractivity contribution in [2.45, 2.75) is 25.8 Å². The Morgan fingerprint density at radius 2 is 2.07 bits per heavy atom. The molecule has 0 spiro atoms. The van der Waals surface area contributed by atoms with Gasteiger partial charge in [0.1, 0.15) is 0 Å². The van der Waals surface area contributed by atoms with E-state index in [0.29, 0.717) is 10.9 Å². The van der Waals surface area contributed by atoms with E-state index in [4.69, 9.17) is 23.1 Å². The summed E-state index contributed by atoms with van der Waals surface area (Å²) in [5.41, 5.74) is 14.7. The zero-order valence-electron chi connectivity index (χ0n) is 8.26. The van der Waals surface area contributed by atoms with Crippen molar-refractivity contribution in [1.82, 2.24) is 0 Å². The largest absolute Gasteiger partial charge is 0.398 e. The third-order valence-corrected chi connectivity index (χ3v) is 3.20. The summed E-state index contributed by atoms with van der Waals surface area (Å²) in [7, 11) is 0. The number of hydrogen-bond acceptors (Lipinski definition) is 2. The van der Waals surface area contributed by atoms with Gasteiger partial charge in [-0.1, -0.05) is 17.7 Å². The van der Waals surface area contributed by atoms with Gasteiger partial charge in [-0.05, 0) is 42.9 Å². The fourth-order valence-corrected chi connectivity index (χ4v) is 1.98. The van der Waals surface area contributed by atoms with Crippen LogP contribution in [0.5, 0.6) is 0 Å². The van der Waals surface area contributed by atoms with Crippen LogP contribution in [0.1, 0.15) is 30.0 Å². The van der Waals surface area contributed by atoms with E-state index in [1.54, 1.807) is 6.07 Å². The molecule has 4 N–H and O–H groups in total. The van der Waals surface area contributed by atoms with Gasteiger partial charge >= 0.3 is 0 Å². The van der Waals surface area contributed by atoms with Gasteiger partial charge in [0.15, 0.2) is 0 Å². The molecule has 1 aromatic rings. The fourth-order valence-electron chi connectivity index (χ4n) is 1.68. The molecule has 76 valence electrons. The predicted molar refractivity (Wildman–Crippen MR) is 60.3 cm³/mol. The van der Waals surface area contributed by atoms with E-state index in [9.17, 15) is 0 Å².